The van der Waals surface area contributed by atoms with Crippen LogP contribution in [0.3, 0.4) is 0 Å². The van der Waals surface area contributed by atoms with Crippen molar-refractivity contribution in [3.8, 4) is 0 Å². The van der Waals surface area contributed by atoms with E-state index in [2.05, 4.69) is 5.32 Å². The molecule has 0 heterocycles. The van der Waals surface area contributed by atoms with Crippen molar-refractivity contribution < 1.29 is 31.5 Å². The highest BCUT2D eigenvalue weighted by atomic mass is 32.2. The van der Waals surface area contributed by atoms with Crippen LogP contribution < -0.4 is 5.32 Å². The number of para-hydroxylation sites is 1. The van der Waals surface area contributed by atoms with Crippen LogP contribution in [0.25, 0.3) is 0 Å². The smallest absolute Gasteiger partial charge is 0.338 e. The second-order valence-electron chi connectivity index (χ2n) is 5.81. The number of amides is 1. The molecule has 0 unspecified atom stereocenters. The Morgan fingerprint density at radius 2 is 1.83 bits per heavy atom. The molecule has 0 atom stereocenters. The summed E-state index contributed by atoms with van der Waals surface area (Å²) in [7, 11) is -1.03. The van der Waals surface area contributed by atoms with E-state index in [0.29, 0.717) is 0 Å². The number of sulfonamides is 1. The molecule has 0 saturated carbocycles. The van der Waals surface area contributed by atoms with Crippen LogP contribution >= 0.6 is 11.8 Å². The zero-order valence-corrected chi connectivity index (χ0v) is 17.1. The Bertz CT molecular complexity index is 997. The van der Waals surface area contributed by atoms with Gasteiger partial charge in [0.05, 0.1) is 16.1 Å². The number of carbonyl (C=O) groups excluding carboxylic acids is 2. The quantitative estimate of drug-likeness (QED) is 0.497. The van der Waals surface area contributed by atoms with E-state index in [1.807, 2.05) is 0 Å². The topological polar surface area (TPSA) is 92.8 Å². The molecule has 2 aromatic carbocycles. The number of thioether (sulfide) groups is 1. The van der Waals surface area contributed by atoms with Crippen molar-refractivity contribution in [2.24, 2.45) is 0 Å². The number of benzene rings is 2. The lowest BCUT2D eigenvalue weighted by molar-refractivity contribution is -0.119. The molecule has 11 heteroatoms. The van der Waals surface area contributed by atoms with Crippen molar-refractivity contribution in [2.75, 3.05) is 26.0 Å². The van der Waals surface area contributed by atoms with Gasteiger partial charge in [0.15, 0.2) is 6.61 Å². The third kappa shape index (κ3) is 6.24. The lowest BCUT2D eigenvalue weighted by Crippen LogP contribution is -2.23. The summed E-state index contributed by atoms with van der Waals surface area (Å²) in [5.74, 6) is -4.28. The molecule has 0 saturated heterocycles. The third-order valence-electron chi connectivity index (χ3n) is 3.56. The number of ether oxygens (including phenoxy) is 1. The Balaban J connectivity index is 2.02. The lowest BCUT2D eigenvalue weighted by Gasteiger charge is -2.12. The van der Waals surface area contributed by atoms with Gasteiger partial charge in [-0.2, -0.15) is 8.78 Å². The van der Waals surface area contributed by atoms with Gasteiger partial charge in [0.2, 0.25) is 10.0 Å². The van der Waals surface area contributed by atoms with Crippen LogP contribution in [-0.2, 0) is 19.6 Å². The average Bonchev–Trinajstić information content (AvgIpc) is 2.67. The van der Waals surface area contributed by atoms with Crippen LogP contribution in [0.5, 0.6) is 0 Å². The maximum absolute atomic E-state index is 12.6. The van der Waals surface area contributed by atoms with Crippen molar-refractivity contribution in [1.29, 1.82) is 0 Å². The highest BCUT2D eigenvalue weighted by molar-refractivity contribution is 7.99. The summed E-state index contributed by atoms with van der Waals surface area (Å²) in [4.78, 5) is 24.2. The Morgan fingerprint density at radius 3 is 2.48 bits per heavy atom. The third-order valence-corrected chi connectivity index (χ3v) is 6.16. The molecule has 1 N–H and O–H groups in total. The minimum atomic E-state index is -3.74. The Kier molecular flexibility index (Phi) is 7.71. The van der Waals surface area contributed by atoms with Gasteiger partial charge in [-0.15, -0.1) is 0 Å². The highest BCUT2D eigenvalue weighted by Crippen LogP contribution is 2.31. The number of alkyl halides is 2. The minimum Gasteiger partial charge on any atom is -0.452 e. The van der Waals surface area contributed by atoms with Crippen molar-refractivity contribution in [1.82, 2.24) is 4.31 Å². The molecule has 0 spiro atoms. The molecule has 0 bridgehead atoms. The van der Waals surface area contributed by atoms with E-state index in [1.165, 1.54) is 44.4 Å². The number of carbonyl (C=O) groups is 2. The zero-order chi connectivity index (χ0) is 21.6. The first-order chi connectivity index (χ1) is 13.6. The number of nitrogens with one attached hydrogen (secondary N) is 1. The van der Waals surface area contributed by atoms with Gasteiger partial charge >= 0.3 is 5.97 Å². The summed E-state index contributed by atoms with van der Waals surface area (Å²) in [6.07, 6.45) is 0. The van der Waals surface area contributed by atoms with Crippen molar-refractivity contribution in [2.45, 2.75) is 15.5 Å². The van der Waals surface area contributed by atoms with E-state index < -0.39 is 34.3 Å². The molecule has 1 amide bonds. The summed E-state index contributed by atoms with van der Waals surface area (Å²) < 4.78 is 55.3. The molecule has 0 radical (unpaired) electrons. The van der Waals surface area contributed by atoms with Crippen molar-refractivity contribution in [3.63, 3.8) is 0 Å². The molecule has 7 nitrogen and oxygen atoms in total. The minimum absolute atomic E-state index is 0.0469. The Hall–Kier alpha value is -2.50. The van der Waals surface area contributed by atoms with Gasteiger partial charge in [0.1, 0.15) is 0 Å². The summed E-state index contributed by atoms with van der Waals surface area (Å²) in [5, 5.41) is 2.40. The van der Waals surface area contributed by atoms with Crippen LogP contribution in [0.2, 0.25) is 0 Å². The molecule has 0 aliphatic carbocycles. The Labute approximate surface area is 171 Å². The number of anilines is 1. The first kappa shape index (κ1) is 22.8. The number of halogens is 2. The van der Waals surface area contributed by atoms with E-state index in [1.54, 1.807) is 12.1 Å². The second-order valence-corrected chi connectivity index (χ2v) is 9.00. The van der Waals surface area contributed by atoms with Gasteiger partial charge in [0, 0.05) is 19.0 Å². The molecule has 0 aliphatic rings. The standard InChI is InChI=1S/C18H18F2N2O5S2/c1-22(2)29(25,26)13-7-5-6-12(10-13)17(24)27-11-16(23)21-14-8-3-4-9-15(14)28-18(19)20/h3-10,18H,11H2,1-2H3,(H,21,23). The normalized spacial score (nSPS) is 11.5. The molecule has 156 valence electrons. The molecular formula is C18H18F2N2O5S2. The van der Waals surface area contributed by atoms with Crippen LogP contribution in [0.15, 0.2) is 58.3 Å². The molecule has 29 heavy (non-hydrogen) atoms. The van der Waals surface area contributed by atoms with E-state index in [9.17, 15) is 26.8 Å². The average molecular weight is 444 g/mol. The van der Waals surface area contributed by atoms with Crippen LogP contribution in [-0.4, -0.2) is 51.1 Å². The number of esters is 1. The largest absolute Gasteiger partial charge is 0.452 e. The Morgan fingerprint density at radius 1 is 1.14 bits per heavy atom. The summed E-state index contributed by atoms with van der Waals surface area (Å²) in [6.45, 7) is -0.669. The first-order valence-corrected chi connectivity index (χ1v) is 10.5. The number of rotatable bonds is 8. The van der Waals surface area contributed by atoms with E-state index >= 15 is 0 Å². The highest BCUT2D eigenvalue weighted by Gasteiger charge is 2.20. The maximum Gasteiger partial charge on any atom is 0.338 e. The zero-order valence-electron chi connectivity index (χ0n) is 15.5. The molecule has 2 aromatic rings. The fraction of sp³-hybridized carbons (Fsp3) is 0.222. The number of hydrogen-bond donors (Lipinski definition) is 1. The molecule has 0 aromatic heterocycles. The monoisotopic (exact) mass is 444 g/mol. The van der Waals surface area contributed by atoms with E-state index in [0.717, 1.165) is 10.4 Å². The first-order valence-electron chi connectivity index (χ1n) is 8.14. The van der Waals surface area contributed by atoms with E-state index in [-0.39, 0.29) is 32.8 Å². The summed E-state index contributed by atoms with van der Waals surface area (Å²) >= 11 is 0.278. The second kappa shape index (κ2) is 9.81. The molecule has 0 fully saturated rings. The SMILES string of the molecule is CN(C)S(=O)(=O)c1cccc(C(=O)OCC(=O)Nc2ccccc2SC(F)F)c1. The molecular weight excluding hydrogens is 426 g/mol. The number of hydrogen-bond acceptors (Lipinski definition) is 6. The van der Waals surface area contributed by atoms with Gasteiger partial charge < -0.3 is 10.1 Å². The van der Waals surface area contributed by atoms with Crippen molar-refractivity contribution in [3.05, 3.63) is 54.1 Å². The fourth-order valence-corrected chi connectivity index (χ4v) is 3.71. The van der Waals surface area contributed by atoms with Crippen LogP contribution in [0, 0.1) is 0 Å². The van der Waals surface area contributed by atoms with Gasteiger partial charge in [-0.25, -0.2) is 17.5 Å². The number of nitrogens with zero attached hydrogens (tertiary/aromatic N) is 1. The lowest BCUT2D eigenvalue weighted by atomic mass is 10.2. The van der Waals surface area contributed by atoms with Crippen LogP contribution in [0.4, 0.5) is 14.5 Å². The van der Waals surface area contributed by atoms with Gasteiger partial charge in [-0.3, -0.25) is 4.79 Å². The molecule has 0 aliphatic heterocycles. The van der Waals surface area contributed by atoms with Crippen LogP contribution in [0.1, 0.15) is 10.4 Å². The van der Waals surface area contributed by atoms with Gasteiger partial charge in [0.25, 0.3) is 11.7 Å². The maximum atomic E-state index is 12.6. The fourth-order valence-electron chi connectivity index (χ4n) is 2.16. The van der Waals surface area contributed by atoms with Gasteiger partial charge in [-0.1, -0.05) is 30.0 Å². The van der Waals surface area contributed by atoms with E-state index in [4.69, 9.17) is 4.74 Å². The molecule has 2 rings (SSSR count). The predicted molar refractivity (Wildman–Crippen MR) is 105 cm³/mol. The van der Waals surface area contributed by atoms with Crippen molar-refractivity contribution >= 4 is 39.3 Å². The predicted octanol–water partition coefficient (Wildman–Crippen LogP) is 3.05. The summed E-state index contributed by atoms with van der Waals surface area (Å²) in [6, 6.07) is 11.2. The van der Waals surface area contributed by atoms with Gasteiger partial charge in [-0.05, 0) is 30.3 Å². The summed E-state index contributed by atoms with van der Waals surface area (Å²) in [5.41, 5.74) is 0.118.